The second-order valence-corrected chi connectivity index (χ2v) is 15.2. The van der Waals surface area contributed by atoms with Crippen LogP contribution in [0.3, 0.4) is 0 Å². The molecule has 6 atom stereocenters. The van der Waals surface area contributed by atoms with Crippen molar-refractivity contribution in [2.75, 3.05) is 17.4 Å². The molecule has 4 aromatic carbocycles. The van der Waals surface area contributed by atoms with Crippen LogP contribution in [0.1, 0.15) is 45.8 Å². The molecule has 4 aromatic rings. The summed E-state index contributed by atoms with van der Waals surface area (Å²) in [4.78, 5) is 71.7. The Morgan fingerprint density at radius 2 is 1.64 bits per heavy atom. The minimum Gasteiger partial charge on any atom is -0.504 e. The van der Waals surface area contributed by atoms with Crippen molar-refractivity contribution < 1.29 is 38.9 Å². The Kier molecular flexibility index (Phi) is 8.39. The summed E-state index contributed by atoms with van der Waals surface area (Å²) in [6.45, 7) is 1.94. The monoisotopic (exact) mass is 823 g/mol. The van der Waals surface area contributed by atoms with Gasteiger partial charge in [0.2, 0.25) is 11.8 Å². The smallest absolute Gasteiger partial charge is 0.335 e. The van der Waals surface area contributed by atoms with Crippen molar-refractivity contribution in [3.05, 3.63) is 128 Å². The molecule has 0 radical (unpaired) electrons. The van der Waals surface area contributed by atoms with Crippen LogP contribution in [0.4, 0.5) is 11.4 Å². The fourth-order valence-corrected chi connectivity index (χ4v) is 9.70. The predicted molar refractivity (Wildman–Crippen MR) is 202 cm³/mol. The van der Waals surface area contributed by atoms with Crippen LogP contribution in [0.5, 0.6) is 11.5 Å². The van der Waals surface area contributed by atoms with Gasteiger partial charge in [0.25, 0.3) is 11.8 Å². The Bertz CT molecular complexity index is 2260. The van der Waals surface area contributed by atoms with Gasteiger partial charge in [0.1, 0.15) is 0 Å². The van der Waals surface area contributed by atoms with Gasteiger partial charge in [0.15, 0.2) is 11.5 Å². The number of anilines is 2. The number of aromatic hydroxyl groups is 1. The Morgan fingerprint density at radius 3 is 2.34 bits per heavy atom. The lowest BCUT2D eigenvalue weighted by atomic mass is 9.49. The van der Waals surface area contributed by atoms with Crippen LogP contribution in [0.25, 0.3) is 0 Å². The molecule has 2 aliphatic carbocycles. The third-order valence-electron chi connectivity index (χ3n) is 11.3. The Labute approximate surface area is 318 Å². The van der Waals surface area contributed by atoms with E-state index in [0.717, 1.165) is 21.0 Å². The zero-order chi connectivity index (χ0) is 37.3. The summed E-state index contributed by atoms with van der Waals surface area (Å²) in [7, 11) is 1.44. The first-order chi connectivity index (χ1) is 25.5. The molecule has 0 aromatic heterocycles. The van der Waals surface area contributed by atoms with Gasteiger partial charge in [-0.25, -0.2) is 4.79 Å². The molecule has 268 valence electrons. The Balaban J connectivity index is 1.33. The fraction of sp³-hybridized carbons (Fsp3) is 0.244. The number of ether oxygens (including phenoxy) is 1. The van der Waals surface area contributed by atoms with Gasteiger partial charge in [-0.05, 0) is 102 Å². The number of carboxylic acids is 1. The molecular weight excluding hydrogens is 789 g/mol. The average Bonchev–Trinajstić information content (AvgIpc) is 3.54. The maximum atomic E-state index is 15.3. The zero-order valence-corrected chi connectivity index (χ0v) is 30.8. The van der Waals surface area contributed by atoms with Gasteiger partial charge < -0.3 is 14.9 Å². The number of allylic oxidation sites excluding steroid dienone is 2. The number of amides is 4. The van der Waals surface area contributed by atoms with Crippen LogP contribution in [0.15, 0.2) is 103 Å². The number of halogens is 1. The van der Waals surface area contributed by atoms with E-state index < -0.39 is 64.6 Å². The van der Waals surface area contributed by atoms with Gasteiger partial charge in [0, 0.05) is 5.92 Å². The molecule has 2 heterocycles. The number of rotatable bonds is 7. The van der Waals surface area contributed by atoms with Crippen LogP contribution >= 0.6 is 22.6 Å². The quantitative estimate of drug-likeness (QED) is 0.112. The molecule has 0 unspecified atom stereocenters. The van der Waals surface area contributed by atoms with E-state index in [-0.39, 0.29) is 35.6 Å². The highest BCUT2D eigenvalue weighted by Crippen LogP contribution is 2.64. The van der Waals surface area contributed by atoms with Gasteiger partial charge in [-0.15, -0.1) is 0 Å². The second kappa shape index (κ2) is 12.9. The molecule has 0 bridgehead atoms. The molecule has 2 aliphatic heterocycles. The van der Waals surface area contributed by atoms with E-state index in [4.69, 9.17) is 4.74 Å². The Hall–Kier alpha value is -5.50. The normalized spacial score (nSPS) is 26.2. The first-order valence-corrected chi connectivity index (χ1v) is 18.3. The lowest BCUT2D eigenvalue weighted by Crippen LogP contribution is -2.53. The summed E-state index contributed by atoms with van der Waals surface area (Å²) >= 11 is 2.01. The lowest BCUT2D eigenvalue weighted by Gasteiger charge is -2.50. The second-order valence-electron chi connectivity index (χ2n) is 14.0. The van der Waals surface area contributed by atoms with Crippen molar-refractivity contribution in [2.24, 2.45) is 23.7 Å². The van der Waals surface area contributed by atoms with E-state index in [9.17, 15) is 29.4 Å². The molecule has 1 saturated carbocycles. The number of hydrogen-bond acceptors (Lipinski definition) is 8. The van der Waals surface area contributed by atoms with Crippen molar-refractivity contribution in [1.82, 2.24) is 5.01 Å². The van der Waals surface area contributed by atoms with Crippen molar-refractivity contribution in [3.8, 4) is 11.5 Å². The minimum atomic E-state index is -1.49. The average molecular weight is 824 g/mol. The standard InChI is InChI=1S/C41H34IN3O8/c1-21-11-13-25(14-12-21)43-45-37(48)30-20-29-27(15-16-28-33(29)38(49)44(36(28)47)26-10-6-7-22(17-26)39(50)51)34(23-18-31(42)35(46)32(19-23)53-2)41(30,40(45)52)24-8-4-3-5-9-24/h3-15,17-19,28-30,33-34,43,46H,16,20H2,1-2H3,(H,50,51)/t28-,29+,30-,33-,34-,41+/m0/s1. The van der Waals surface area contributed by atoms with Gasteiger partial charge >= 0.3 is 5.97 Å². The number of phenols is 1. The number of hydrazine groups is 1. The van der Waals surface area contributed by atoms with Gasteiger partial charge in [-0.3, -0.25) is 29.5 Å². The number of carboxylic acid groups (broad SMARTS) is 1. The number of carbonyl (C=O) groups excluding carboxylic acids is 4. The van der Waals surface area contributed by atoms with E-state index in [1.165, 1.54) is 31.4 Å². The number of carbonyl (C=O) groups is 5. The maximum Gasteiger partial charge on any atom is 0.335 e. The summed E-state index contributed by atoms with van der Waals surface area (Å²) in [5.74, 6) is -6.94. The molecule has 4 aliphatic rings. The highest BCUT2D eigenvalue weighted by Gasteiger charge is 2.70. The summed E-state index contributed by atoms with van der Waals surface area (Å²) in [6, 6.07) is 25.7. The van der Waals surface area contributed by atoms with E-state index >= 15 is 4.79 Å². The number of imide groups is 2. The Morgan fingerprint density at radius 1 is 0.906 bits per heavy atom. The van der Waals surface area contributed by atoms with E-state index in [0.29, 0.717) is 20.4 Å². The van der Waals surface area contributed by atoms with Crippen molar-refractivity contribution in [2.45, 2.75) is 31.1 Å². The molecule has 11 nitrogen and oxygen atoms in total. The number of aryl methyl sites for hydroxylation is 1. The highest BCUT2D eigenvalue weighted by atomic mass is 127. The van der Waals surface area contributed by atoms with Crippen LogP contribution in [-0.4, -0.2) is 51.9 Å². The van der Waals surface area contributed by atoms with E-state index in [2.05, 4.69) is 5.43 Å². The van der Waals surface area contributed by atoms with E-state index in [1.54, 1.807) is 24.3 Å². The number of nitrogens with zero attached hydrogens (tertiary/aromatic N) is 2. The first-order valence-electron chi connectivity index (χ1n) is 17.2. The summed E-state index contributed by atoms with van der Waals surface area (Å²) in [5.41, 5.74) is 5.23. The zero-order valence-electron chi connectivity index (χ0n) is 28.7. The van der Waals surface area contributed by atoms with Crippen LogP contribution in [0.2, 0.25) is 0 Å². The van der Waals surface area contributed by atoms with Crippen molar-refractivity contribution in [1.29, 1.82) is 0 Å². The number of methoxy groups -OCH3 is 1. The molecule has 8 rings (SSSR count). The van der Waals surface area contributed by atoms with E-state index in [1.807, 2.05) is 78.1 Å². The summed E-state index contributed by atoms with van der Waals surface area (Å²) in [5, 5.41) is 21.6. The van der Waals surface area contributed by atoms with Crippen LogP contribution in [-0.2, 0) is 24.6 Å². The number of phenolic OH excluding ortho intramolecular Hbond substituents is 1. The minimum absolute atomic E-state index is 0.0609. The lowest BCUT2D eigenvalue weighted by molar-refractivity contribution is -0.138. The molecule has 0 spiro atoms. The number of nitrogens with one attached hydrogen (secondary N) is 1. The number of fused-ring (bicyclic) bond motifs is 4. The molecule has 12 heteroatoms. The summed E-state index contributed by atoms with van der Waals surface area (Å²) in [6.07, 6.45) is 2.24. The van der Waals surface area contributed by atoms with Gasteiger partial charge in [-0.2, -0.15) is 5.01 Å². The van der Waals surface area contributed by atoms with Crippen molar-refractivity contribution >= 4 is 63.6 Å². The van der Waals surface area contributed by atoms with Crippen LogP contribution < -0.4 is 15.1 Å². The topological polar surface area (TPSA) is 154 Å². The van der Waals surface area contributed by atoms with Gasteiger partial charge in [0.05, 0.1) is 50.8 Å². The first kappa shape index (κ1) is 34.6. The molecule has 53 heavy (non-hydrogen) atoms. The summed E-state index contributed by atoms with van der Waals surface area (Å²) < 4.78 is 6.06. The largest absolute Gasteiger partial charge is 0.504 e. The highest BCUT2D eigenvalue weighted by molar-refractivity contribution is 14.1. The van der Waals surface area contributed by atoms with Crippen molar-refractivity contribution in [3.63, 3.8) is 0 Å². The number of benzene rings is 4. The molecule has 3 N–H and O–H groups in total. The molecule has 2 saturated heterocycles. The number of hydrogen-bond donors (Lipinski definition) is 3. The molecular formula is C41H34IN3O8. The maximum absolute atomic E-state index is 15.3. The SMILES string of the molecule is COc1cc([C@H]2C3=CC[C@@H]4C(=O)N(c5cccc(C(=O)O)c5)C(=O)[C@@H]4[C@@H]3C[C@H]3C(=O)N(Nc4ccc(C)cc4)C(=O)[C@@]23c2ccccc2)cc(I)c1O. The molecule has 4 amide bonds. The molecule has 3 fully saturated rings. The third kappa shape index (κ3) is 5.17. The predicted octanol–water partition coefficient (Wildman–Crippen LogP) is 6.20. The fourth-order valence-electron chi connectivity index (χ4n) is 9.07. The third-order valence-corrected chi connectivity index (χ3v) is 12.2. The number of aromatic carboxylic acids is 1. The van der Waals surface area contributed by atoms with Gasteiger partial charge in [-0.1, -0.05) is 65.7 Å². The van der Waals surface area contributed by atoms with Crippen LogP contribution in [0, 0.1) is 34.2 Å².